The lowest BCUT2D eigenvalue weighted by atomic mass is 9.85. The minimum Gasteiger partial charge on any atom is -0.465 e. The molecule has 29 heavy (non-hydrogen) atoms. The number of fused-ring (bicyclic) bond motifs is 1. The number of carbonyl (C=O) groups excluding carboxylic acids is 2. The van der Waals surface area contributed by atoms with Crippen LogP contribution < -0.4 is 5.32 Å². The first-order valence-corrected chi connectivity index (χ1v) is 9.42. The molecule has 3 heterocycles. The molecule has 1 aliphatic rings. The van der Waals surface area contributed by atoms with Gasteiger partial charge in [0.15, 0.2) is 0 Å². The number of nitrogens with zero attached hydrogens (tertiary/aromatic N) is 4. The van der Waals surface area contributed by atoms with Crippen molar-refractivity contribution >= 4 is 17.8 Å². The molecule has 1 aliphatic heterocycles. The van der Waals surface area contributed by atoms with E-state index in [1.54, 1.807) is 36.7 Å². The second-order valence-electron chi connectivity index (χ2n) is 6.99. The molecule has 4 rings (SSSR count). The Hall–Kier alpha value is -3.55. The standard InChI is InChI=1S/C21H21N5O3/c1-13-17(14-3-5-16(6-4-14)20(28)29-2)7-8-18-23-21(25-26(13)18)24-19(27)15-9-11-22-12-10-15/h3-6,9-13,17H,7-8H2,1-2H3,(H,24,25,27). The van der Waals surface area contributed by atoms with E-state index in [0.717, 1.165) is 24.2 Å². The maximum atomic E-state index is 12.3. The van der Waals surface area contributed by atoms with Crippen LogP contribution in [0.4, 0.5) is 5.95 Å². The number of hydrogen-bond acceptors (Lipinski definition) is 6. The summed E-state index contributed by atoms with van der Waals surface area (Å²) in [5.41, 5.74) is 2.17. The number of rotatable bonds is 4. The van der Waals surface area contributed by atoms with Gasteiger partial charge in [-0.3, -0.25) is 15.1 Å². The van der Waals surface area contributed by atoms with E-state index >= 15 is 0 Å². The summed E-state index contributed by atoms with van der Waals surface area (Å²) in [5.74, 6) is 0.777. The highest BCUT2D eigenvalue weighted by atomic mass is 16.5. The van der Waals surface area contributed by atoms with Crippen molar-refractivity contribution in [2.45, 2.75) is 31.7 Å². The molecule has 1 amide bonds. The molecule has 0 saturated heterocycles. The number of hydrogen-bond donors (Lipinski definition) is 1. The molecule has 3 aromatic rings. The first-order valence-electron chi connectivity index (χ1n) is 9.42. The van der Waals surface area contributed by atoms with Crippen LogP contribution in [0.5, 0.6) is 0 Å². The number of amides is 1. The Kier molecular flexibility index (Phi) is 5.07. The fraction of sp³-hybridized carbons (Fsp3) is 0.286. The lowest BCUT2D eigenvalue weighted by Gasteiger charge is -2.29. The van der Waals surface area contributed by atoms with Crippen LogP contribution in [0, 0.1) is 0 Å². The lowest BCUT2D eigenvalue weighted by molar-refractivity contribution is 0.0600. The number of benzene rings is 1. The Labute approximate surface area is 167 Å². The molecule has 8 nitrogen and oxygen atoms in total. The van der Waals surface area contributed by atoms with Gasteiger partial charge in [-0.2, -0.15) is 4.98 Å². The van der Waals surface area contributed by atoms with E-state index in [4.69, 9.17) is 4.74 Å². The zero-order chi connectivity index (χ0) is 20.4. The minimum absolute atomic E-state index is 0.0711. The van der Waals surface area contributed by atoms with Crippen molar-refractivity contribution in [2.75, 3.05) is 12.4 Å². The van der Waals surface area contributed by atoms with Gasteiger partial charge in [0.2, 0.25) is 5.95 Å². The third kappa shape index (κ3) is 3.73. The zero-order valence-corrected chi connectivity index (χ0v) is 16.2. The van der Waals surface area contributed by atoms with Crippen LogP contribution in [0.1, 0.15) is 57.4 Å². The zero-order valence-electron chi connectivity index (χ0n) is 16.2. The summed E-state index contributed by atoms with van der Waals surface area (Å²) in [5, 5.41) is 7.27. The van der Waals surface area contributed by atoms with Crippen molar-refractivity contribution in [3.8, 4) is 0 Å². The molecule has 2 unspecified atom stereocenters. The van der Waals surface area contributed by atoms with Gasteiger partial charge in [-0.05, 0) is 43.2 Å². The van der Waals surface area contributed by atoms with Crippen molar-refractivity contribution in [1.29, 1.82) is 0 Å². The monoisotopic (exact) mass is 391 g/mol. The number of pyridine rings is 1. The lowest BCUT2D eigenvalue weighted by Crippen LogP contribution is -2.24. The van der Waals surface area contributed by atoms with Crippen LogP contribution in [0.15, 0.2) is 48.8 Å². The number of aryl methyl sites for hydroxylation is 1. The maximum absolute atomic E-state index is 12.3. The second kappa shape index (κ2) is 7.83. The van der Waals surface area contributed by atoms with E-state index in [0.29, 0.717) is 17.1 Å². The molecule has 0 bridgehead atoms. The Morgan fingerprint density at radius 2 is 1.83 bits per heavy atom. The molecular weight excluding hydrogens is 370 g/mol. The topological polar surface area (TPSA) is 99.0 Å². The van der Waals surface area contributed by atoms with Gasteiger partial charge in [-0.1, -0.05) is 12.1 Å². The van der Waals surface area contributed by atoms with Crippen LogP contribution >= 0.6 is 0 Å². The molecule has 2 aromatic heterocycles. The first kappa shape index (κ1) is 18.8. The van der Waals surface area contributed by atoms with Crippen LogP contribution in [0.2, 0.25) is 0 Å². The van der Waals surface area contributed by atoms with Gasteiger partial charge in [-0.25, -0.2) is 9.48 Å². The maximum Gasteiger partial charge on any atom is 0.337 e. The number of carbonyl (C=O) groups is 2. The molecule has 0 saturated carbocycles. The van der Waals surface area contributed by atoms with E-state index in [1.807, 2.05) is 16.8 Å². The number of esters is 1. The number of aromatic nitrogens is 4. The smallest absolute Gasteiger partial charge is 0.337 e. The van der Waals surface area contributed by atoms with E-state index in [2.05, 4.69) is 27.3 Å². The molecule has 0 radical (unpaired) electrons. The quantitative estimate of drug-likeness (QED) is 0.687. The molecular formula is C21H21N5O3. The summed E-state index contributed by atoms with van der Waals surface area (Å²) in [6, 6.07) is 10.8. The third-order valence-electron chi connectivity index (χ3n) is 5.28. The number of nitrogens with one attached hydrogen (secondary N) is 1. The van der Waals surface area contributed by atoms with Crippen molar-refractivity contribution in [1.82, 2.24) is 19.7 Å². The Balaban J connectivity index is 1.51. The molecule has 148 valence electrons. The molecule has 8 heteroatoms. The SMILES string of the molecule is COC(=O)c1ccc(C2CCc3nc(NC(=O)c4ccncc4)nn3C2C)cc1. The van der Waals surface area contributed by atoms with E-state index in [9.17, 15) is 9.59 Å². The molecule has 0 spiro atoms. The second-order valence-corrected chi connectivity index (χ2v) is 6.99. The van der Waals surface area contributed by atoms with Gasteiger partial charge >= 0.3 is 5.97 Å². The predicted molar refractivity (Wildman–Crippen MR) is 106 cm³/mol. The van der Waals surface area contributed by atoms with Crippen LogP contribution in [-0.4, -0.2) is 38.7 Å². The minimum atomic E-state index is -0.346. The summed E-state index contributed by atoms with van der Waals surface area (Å²) >= 11 is 0. The predicted octanol–water partition coefficient (Wildman–Crippen LogP) is 3.00. The summed E-state index contributed by atoms with van der Waals surface area (Å²) in [6.45, 7) is 2.09. The highest BCUT2D eigenvalue weighted by Crippen LogP contribution is 2.37. The average Bonchev–Trinajstić information content (AvgIpc) is 3.17. The number of methoxy groups -OCH3 is 1. The summed E-state index contributed by atoms with van der Waals surface area (Å²) in [6.07, 6.45) is 4.80. The van der Waals surface area contributed by atoms with Crippen molar-refractivity contribution in [3.05, 3.63) is 71.3 Å². The largest absolute Gasteiger partial charge is 0.465 e. The van der Waals surface area contributed by atoms with E-state index in [-0.39, 0.29) is 23.8 Å². The molecule has 1 N–H and O–H groups in total. The fourth-order valence-corrected chi connectivity index (χ4v) is 3.71. The summed E-state index contributed by atoms with van der Waals surface area (Å²) < 4.78 is 6.64. The van der Waals surface area contributed by atoms with Crippen molar-refractivity contribution < 1.29 is 14.3 Å². The molecule has 0 aliphatic carbocycles. The number of anilines is 1. The van der Waals surface area contributed by atoms with Gasteiger partial charge in [0.1, 0.15) is 5.82 Å². The van der Waals surface area contributed by atoms with Gasteiger partial charge in [0.25, 0.3) is 5.91 Å². The first-order chi connectivity index (χ1) is 14.1. The highest BCUT2D eigenvalue weighted by molar-refractivity contribution is 6.03. The normalized spacial score (nSPS) is 18.0. The summed E-state index contributed by atoms with van der Waals surface area (Å²) in [7, 11) is 1.37. The van der Waals surface area contributed by atoms with Crippen LogP contribution in [0.3, 0.4) is 0 Å². The van der Waals surface area contributed by atoms with E-state index < -0.39 is 0 Å². The fourth-order valence-electron chi connectivity index (χ4n) is 3.71. The van der Waals surface area contributed by atoms with Crippen molar-refractivity contribution in [3.63, 3.8) is 0 Å². The Bertz CT molecular complexity index is 1030. The van der Waals surface area contributed by atoms with Crippen LogP contribution in [0.25, 0.3) is 0 Å². The molecule has 0 fully saturated rings. The van der Waals surface area contributed by atoms with Crippen molar-refractivity contribution in [2.24, 2.45) is 0 Å². The average molecular weight is 391 g/mol. The van der Waals surface area contributed by atoms with E-state index in [1.165, 1.54) is 7.11 Å². The number of ether oxygens (including phenoxy) is 1. The molecule has 1 aromatic carbocycles. The van der Waals surface area contributed by atoms with Gasteiger partial charge in [0, 0.05) is 30.3 Å². The molecule has 2 atom stereocenters. The Morgan fingerprint density at radius 3 is 2.52 bits per heavy atom. The van der Waals surface area contributed by atoms with Gasteiger partial charge < -0.3 is 4.74 Å². The summed E-state index contributed by atoms with van der Waals surface area (Å²) in [4.78, 5) is 32.4. The van der Waals surface area contributed by atoms with Gasteiger partial charge in [0.05, 0.1) is 18.7 Å². The van der Waals surface area contributed by atoms with Gasteiger partial charge in [-0.15, -0.1) is 5.10 Å². The third-order valence-corrected chi connectivity index (χ3v) is 5.28. The highest BCUT2D eigenvalue weighted by Gasteiger charge is 2.30. The van der Waals surface area contributed by atoms with Crippen LogP contribution in [-0.2, 0) is 11.2 Å². The Morgan fingerprint density at radius 1 is 1.10 bits per heavy atom.